The van der Waals surface area contributed by atoms with E-state index < -0.39 is 0 Å². The van der Waals surface area contributed by atoms with Gasteiger partial charge in [-0.15, -0.1) is 0 Å². The van der Waals surface area contributed by atoms with Gasteiger partial charge in [-0.3, -0.25) is 0 Å². The van der Waals surface area contributed by atoms with Crippen molar-refractivity contribution in [3.8, 4) is 6.07 Å². The van der Waals surface area contributed by atoms with E-state index in [4.69, 9.17) is 5.26 Å². The van der Waals surface area contributed by atoms with Crippen LogP contribution in [0.5, 0.6) is 0 Å². The Bertz CT molecular complexity index is 640. The third kappa shape index (κ3) is 2.20. The highest BCUT2D eigenvalue weighted by molar-refractivity contribution is 5.59. The molecule has 0 amide bonds. The zero-order chi connectivity index (χ0) is 13.2. The normalized spacial score (nSPS) is 17.1. The molecule has 0 aliphatic carbocycles. The van der Waals surface area contributed by atoms with E-state index in [1.54, 1.807) is 0 Å². The van der Waals surface area contributed by atoms with Crippen LogP contribution in [0.2, 0.25) is 0 Å². The maximum Gasteiger partial charge on any atom is 0.0991 e. The van der Waals surface area contributed by atoms with Crippen LogP contribution >= 0.6 is 0 Å². The van der Waals surface area contributed by atoms with E-state index in [-0.39, 0.29) is 0 Å². The Balaban J connectivity index is 1.89. The summed E-state index contributed by atoms with van der Waals surface area (Å²) in [4.78, 5) is 2.42. The molecule has 1 aliphatic rings. The molecule has 0 bridgehead atoms. The summed E-state index contributed by atoms with van der Waals surface area (Å²) in [6.07, 6.45) is 1.11. The van der Waals surface area contributed by atoms with E-state index >= 15 is 0 Å². The largest absolute Gasteiger partial charge is 0.364 e. The van der Waals surface area contributed by atoms with Crippen LogP contribution in [0.4, 0.5) is 5.69 Å². The number of hydrogen-bond donors (Lipinski definition) is 0. The smallest absolute Gasteiger partial charge is 0.0991 e. The molecule has 1 heterocycles. The summed E-state index contributed by atoms with van der Waals surface area (Å²) in [6.45, 7) is 3.13. The fourth-order valence-electron chi connectivity index (χ4n) is 2.81. The molecule has 2 aromatic carbocycles. The van der Waals surface area contributed by atoms with Crippen molar-refractivity contribution in [2.45, 2.75) is 25.9 Å². The average Bonchev–Trinajstić information content (AvgIpc) is 2.76. The second-order valence-electron chi connectivity index (χ2n) is 5.12. The summed E-state index contributed by atoms with van der Waals surface area (Å²) in [5.74, 6) is 0. The summed E-state index contributed by atoms with van der Waals surface area (Å²) < 4.78 is 0. The fourth-order valence-corrected chi connectivity index (χ4v) is 2.81. The van der Waals surface area contributed by atoms with Gasteiger partial charge >= 0.3 is 0 Å². The molecule has 0 unspecified atom stereocenters. The highest BCUT2D eigenvalue weighted by Gasteiger charge is 2.25. The van der Waals surface area contributed by atoms with Gasteiger partial charge in [0.15, 0.2) is 0 Å². The first kappa shape index (κ1) is 11.8. The summed E-state index contributed by atoms with van der Waals surface area (Å²) in [7, 11) is 0. The fraction of sp³-hybridized carbons (Fsp3) is 0.235. The Hall–Kier alpha value is -2.27. The van der Waals surface area contributed by atoms with Crippen molar-refractivity contribution in [2.75, 3.05) is 4.90 Å². The molecule has 2 heteroatoms. The van der Waals surface area contributed by atoms with Crippen molar-refractivity contribution in [3.63, 3.8) is 0 Å². The number of para-hydroxylation sites is 1. The molecule has 2 aromatic rings. The van der Waals surface area contributed by atoms with E-state index in [1.807, 2.05) is 18.2 Å². The van der Waals surface area contributed by atoms with E-state index in [1.165, 1.54) is 16.8 Å². The number of rotatable bonds is 2. The van der Waals surface area contributed by atoms with Crippen LogP contribution in [-0.2, 0) is 13.0 Å². The third-order valence-electron chi connectivity index (χ3n) is 3.76. The van der Waals surface area contributed by atoms with Crippen molar-refractivity contribution in [2.24, 2.45) is 0 Å². The van der Waals surface area contributed by atoms with Crippen LogP contribution in [0, 0.1) is 11.3 Å². The second kappa shape index (κ2) is 4.78. The Morgan fingerprint density at radius 3 is 2.89 bits per heavy atom. The maximum atomic E-state index is 8.97. The Morgan fingerprint density at radius 2 is 2.05 bits per heavy atom. The molecule has 2 nitrogen and oxygen atoms in total. The Kier molecular flexibility index (Phi) is 2.97. The number of nitrogens with zero attached hydrogens (tertiary/aromatic N) is 2. The minimum Gasteiger partial charge on any atom is -0.364 e. The van der Waals surface area contributed by atoms with E-state index in [0.717, 1.165) is 18.5 Å². The summed E-state index contributed by atoms with van der Waals surface area (Å²) in [6, 6.07) is 19.2. The zero-order valence-electron chi connectivity index (χ0n) is 11.0. The summed E-state index contributed by atoms with van der Waals surface area (Å²) >= 11 is 0. The monoisotopic (exact) mass is 248 g/mol. The lowest BCUT2D eigenvalue weighted by Gasteiger charge is -2.25. The number of fused-ring (bicyclic) bond motifs is 1. The van der Waals surface area contributed by atoms with Gasteiger partial charge in [0.2, 0.25) is 0 Å². The standard InChI is InChI=1S/C17H16N2/c1-13-9-16-7-2-3-8-17(16)19(13)12-15-6-4-5-14(10-15)11-18/h2-8,10,13H,9,12H2,1H3/t13-/m1/s1. The number of hydrogen-bond acceptors (Lipinski definition) is 2. The first-order valence-corrected chi connectivity index (χ1v) is 6.61. The van der Waals surface area contributed by atoms with Crippen molar-refractivity contribution < 1.29 is 0 Å². The molecular weight excluding hydrogens is 232 g/mol. The van der Waals surface area contributed by atoms with Crippen molar-refractivity contribution in [3.05, 3.63) is 65.2 Å². The van der Waals surface area contributed by atoms with Gasteiger partial charge in [-0.25, -0.2) is 0 Å². The molecule has 0 N–H and O–H groups in total. The highest BCUT2D eigenvalue weighted by atomic mass is 15.2. The van der Waals surface area contributed by atoms with Crippen molar-refractivity contribution in [1.82, 2.24) is 0 Å². The lowest BCUT2D eigenvalue weighted by Crippen LogP contribution is -2.28. The van der Waals surface area contributed by atoms with Gasteiger partial charge in [-0.05, 0) is 42.7 Å². The molecular formula is C17H16N2. The van der Waals surface area contributed by atoms with Crippen LogP contribution in [-0.4, -0.2) is 6.04 Å². The number of benzene rings is 2. The molecule has 1 atom stereocenters. The molecule has 0 radical (unpaired) electrons. The van der Waals surface area contributed by atoms with Gasteiger partial charge in [0, 0.05) is 18.3 Å². The topological polar surface area (TPSA) is 27.0 Å². The molecule has 0 saturated carbocycles. The highest BCUT2D eigenvalue weighted by Crippen LogP contribution is 2.32. The van der Waals surface area contributed by atoms with Gasteiger partial charge in [0.05, 0.1) is 11.6 Å². The minimum absolute atomic E-state index is 0.517. The Morgan fingerprint density at radius 1 is 1.21 bits per heavy atom. The van der Waals surface area contributed by atoms with E-state index in [0.29, 0.717) is 6.04 Å². The summed E-state index contributed by atoms with van der Waals surface area (Å²) in [5.41, 5.74) is 4.68. The lowest BCUT2D eigenvalue weighted by atomic mass is 10.1. The molecule has 1 aliphatic heterocycles. The van der Waals surface area contributed by atoms with Crippen LogP contribution in [0.3, 0.4) is 0 Å². The van der Waals surface area contributed by atoms with Crippen LogP contribution in [0.1, 0.15) is 23.6 Å². The molecule has 0 fully saturated rings. The molecule has 3 rings (SSSR count). The molecule has 94 valence electrons. The first-order valence-electron chi connectivity index (χ1n) is 6.61. The zero-order valence-corrected chi connectivity index (χ0v) is 11.0. The van der Waals surface area contributed by atoms with Gasteiger partial charge in [0.25, 0.3) is 0 Å². The van der Waals surface area contributed by atoms with E-state index in [2.05, 4.69) is 48.2 Å². The van der Waals surface area contributed by atoms with E-state index in [9.17, 15) is 0 Å². The molecule has 19 heavy (non-hydrogen) atoms. The molecule has 0 saturated heterocycles. The number of nitriles is 1. The van der Waals surface area contributed by atoms with Gasteiger partial charge in [-0.2, -0.15) is 5.26 Å². The van der Waals surface area contributed by atoms with Gasteiger partial charge < -0.3 is 4.90 Å². The maximum absolute atomic E-state index is 8.97. The quantitative estimate of drug-likeness (QED) is 0.813. The molecule has 0 aromatic heterocycles. The second-order valence-corrected chi connectivity index (χ2v) is 5.12. The van der Waals surface area contributed by atoms with Crippen molar-refractivity contribution >= 4 is 5.69 Å². The average molecular weight is 248 g/mol. The minimum atomic E-state index is 0.517. The van der Waals surface area contributed by atoms with Crippen LogP contribution < -0.4 is 4.90 Å². The molecule has 0 spiro atoms. The van der Waals surface area contributed by atoms with Crippen LogP contribution in [0.25, 0.3) is 0 Å². The Labute approximate surface area is 113 Å². The predicted molar refractivity (Wildman–Crippen MR) is 76.9 cm³/mol. The van der Waals surface area contributed by atoms with Crippen molar-refractivity contribution in [1.29, 1.82) is 5.26 Å². The number of anilines is 1. The first-order chi connectivity index (χ1) is 9.28. The third-order valence-corrected chi connectivity index (χ3v) is 3.76. The van der Waals surface area contributed by atoms with Gasteiger partial charge in [-0.1, -0.05) is 30.3 Å². The predicted octanol–water partition coefficient (Wildman–Crippen LogP) is 3.51. The SMILES string of the molecule is C[C@@H]1Cc2ccccc2N1Cc1cccc(C#N)c1. The van der Waals surface area contributed by atoms with Gasteiger partial charge in [0.1, 0.15) is 0 Å². The lowest BCUT2D eigenvalue weighted by molar-refractivity contribution is 0.672. The van der Waals surface area contributed by atoms with Crippen LogP contribution in [0.15, 0.2) is 48.5 Å². The summed E-state index contributed by atoms with van der Waals surface area (Å²) in [5, 5.41) is 8.97.